The highest BCUT2D eigenvalue weighted by Crippen LogP contribution is 2.22. The standard InChI is InChI=1S/C19H17N3O3S/c1-26-19-21-11-16(22(19)15-5-3-2-4-6-15)18(24)25-12-13-7-9-14(10-8-13)17(20)23/h2-11H,12H2,1H3,(H2,20,23). The molecule has 0 bridgehead atoms. The molecule has 0 radical (unpaired) electrons. The summed E-state index contributed by atoms with van der Waals surface area (Å²) in [6.07, 6.45) is 3.41. The van der Waals surface area contributed by atoms with Crippen LogP contribution in [0.1, 0.15) is 26.4 Å². The number of carbonyl (C=O) groups excluding carboxylic acids is 2. The summed E-state index contributed by atoms with van der Waals surface area (Å²) in [5.74, 6) is -0.967. The fraction of sp³-hybridized carbons (Fsp3) is 0.105. The predicted molar refractivity (Wildman–Crippen MR) is 99.4 cm³/mol. The van der Waals surface area contributed by atoms with Gasteiger partial charge < -0.3 is 10.5 Å². The maximum atomic E-state index is 12.6. The zero-order valence-corrected chi connectivity index (χ0v) is 14.9. The highest BCUT2D eigenvalue weighted by atomic mass is 32.2. The molecule has 26 heavy (non-hydrogen) atoms. The first-order valence-corrected chi connectivity index (χ1v) is 9.05. The quantitative estimate of drug-likeness (QED) is 0.534. The molecule has 0 aliphatic rings. The van der Waals surface area contributed by atoms with E-state index in [9.17, 15) is 9.59 Å². The second kappa shape index (κ2) is 7.88. The molecule has 0 aliphatic carbocycles. The normalized spacial score (nSPS) is 10.5. The van der Waals surface area contributed by atoms with Gasteiger partial charge >= 0.3 is 5.97 Å². The largest absolute Gasteiger partial charge is 0.456 e. The number of primary amides is 1. The van der Waals surface area contributed by atoms with Crippen LogP contribution in [0.3, 0.4) is 0 Å². The van der Waals surface area contributed by atoms with Crippen LogP contribution in [0.15, 0.2) is 66.0 Å². The number of aromatic nitrogens is 2. The Balaban J connectivity index is 1.78. The van der Waals surface area contributed by atoms with Crippen LogP contribution >= 0.6 is 11.8 Å². The van der Waals surface area contributed by atoms with Crippen molar-refractivity contribution >= 4 is 23.6 Å². The maximum absolute atomic E-state index is 12.6. The van der Waals surface area contributed by atoms with E-state index in [0.717, 1.165) is 11.3 Å². The van der Waals surface area contributed by atoms with Crippen molar-refractivity contribution in [3.8, 4) is 5.69 Å². The molecule has 132 valence electrons. The van der Waals surface area contributed by atoms with Crippen LogP contribution in [-0.2, 0) is 11.3 Å². The number of hydrogen-bond acceptors (Lipinski definition) is 5. The number of carbonyl (C=O) groups is 2. The van der Waals surface area contributed by atoms with Crippen molar-refractivity contribution in [1.29, 1.82) is 0 Å². The van der Waals surface area contributed by atoms with Crippen molar-refractivity contribution in [2.45, 2.75) is 11.8 Å². The summed E-state index contributed by atoms with van der Waals surface area (Å²) in [6, 6.07) is 16.1. The monoisotopic (exact) mass is 367 g/mol. The minimum Gasteiger partial charge on any atom is -0.456 e. The molecule has 3 aromatic rings. The average molecular weight is 367 g/mol. The summed E-state index contributed by atoms with van der Waals surface area (Å²) in [5, 5.41) is 0.703. The van der Waals surface area contributed by atoms with Crippen LogP contribution in [0.4, 0.5) is 0 Å². The Kier molecular flexibility index (Phi) is 5.38. The van der Waals surface area contributed by atoms with Crippen molar-refractivity contribution in [2.24, 2.45) is 5.73 Å². The van der Waals surface area contributed by atoms with Gasteiger partial charge in [-0.1, -0.05) is 42.1 Å². The Morgan fingerprint density at radius 2 is 1.81 bits per heavy atom. The number of benzene rings is 2. The predicted octanol–water partition coefficient (Wildman–Crippen LogP) is 3.05. The summed E-state index contributed by atoms with van der Waals surface area (Å²) < 4.78 is 7.18. The highest BCUT2D eigenvalue weighted by Gasteiger charge is 2.19. The third-order valence-electron chi connectivity index (χ3n) is 3.74. The molecule has 0 atom stereocenters. The average Bonchev–Trinajstić information content (AvgIpc) is 3.11. The lowest BCUT2D eigenvalue weighted by Crippen LogP contribution is -2.12. The van der Waals surface area contributed by atoms with Crippen molar-refractivity contribution in [3.63, 3.8) is 0 Å². The number of ether oxygens (including phenoxy) is 1. The third-order valence-corrected chi connectivity index (χ3v) is 4.40. The van der Waals surface area contributed by atoms with E-state index in [-0.39, 0.29) is 6.61 Å². The molecule has 6 nitrogen and oxygen atoms in total. The van der Waals surface area contributed by atoms with Gasteiger partial charge in [0.05, 0.1) is 6.20 Å². The van der Waals surface area contributed by atoms with E-state index < -0.39 is 11.9 Å². The Morgan fingerprint density at radius 3 is 2.42 bits per heavy atom. The van der Waals surface area contributed by atoms with Crippen molar-refractivity contribution < 1.29 is 14.3 Å². The SMILES string of the molecule is CSc1ncc(C(=O)OCc2ccc(C(N)=O)cc2)n1-c1ccccc1. The van der Waals surface area contributed by atoms with Crippen molar-refractivity contribution in [2.75, 3.05) is 6.26 Å². The molecule has 0 saturated heterocycles. The highest BCUT2D eigenvalue weighted by molar-refractivity contribution is 7.98. The van der Waals surface area contributed by atoms with E-state index in [4.69, 9.17) is 10.5 Å². The van der Waals surface area contributed by atoms with Gasteiger partial charge in [0.1, 0.15) is 6.61 Å². The number of nitrogens with zero attached hydrogens (tertiary/aromatic N) is 2. The van der Waals surface area contributed by atoms with Gasteiger partial charge in [-0.3, -0.25) is 9.36 Å². The first kappa shape index (κ1) is 17.8. The molecule has 0 spiro atoms. The first-order valence-electron chi connectivity index (χ1n) is 7.83. The fourth-order valence-electron chi connectivity index (χ4n) is 2.44. The van der Waals surface area contributed by atoms with Gasteiger partial charge in [0.25, 0.3) is 0 Å². The molecule has 3 rings (SSSR count). The topological polar surface area (TPSA) is 87.2 Å². The summed E-state index contributed by atoms with van der Waals surface area (Å²) in [6.45, 7) is 0.0897. The molecule has 1 amide bonds. The summed E-state index contributed by atoms with van der Waals surface area (Å²) in [4.78, 5) is 27.9. The van der Waals surface area contributed by atoms with Crippen LogP contribution in [-0.4, -0.2) is 27.7 Å². The Hall–Kier alpha value is -3.06. The number of thioether (sulfide) groups is 1. The molecule has 2 N–H and O–H groups in total. The van der Waals surface area contributed by atoms with Crippen LogP contribution < -0.4 is 5.73 Å². The number of hydrogen-bond donors (Lipinski definition) is 1. The molecule has 0 fully saturated rings. The fourth-order valence-corrected chi connectivity index (χ4v) is 2.98. The van der Waals surface area contributed by atoms with Gasteiger partial charge in [-0.25, -0.2) is 9.78 Å². The van der Waals surface area contributed by atoms with E-state index in [1.807, 2.05) is 36.6 Å². The van der Waals surface area contributed by atoms with Crippen molar-refractivity contribution in [1.82, 2.24) is 9.55 Å². The molecule has 1 heterocycles. The second-order valence-corrected chi connectivity index (χ2v) is 6.21. The van der Waals surface area contributed by atoms with Gasteiger partial charge in [0.2, 0.25) is 5.91 Å². The smallest absolute Gasteiger partial charge is 0.357 e. The summed E-state index contributed by atoms with van der Waals surface area (Å²) in [5.41, 5.74) is 7.58. The van der Waals surface area contributed by atoms with Gasteiger partial charge in [-0.05, 0) is 36.1 Å². The number of imidazole rings is 1. The Bertz CT molecular complexity index is 921. The minimum absolute atomic E-state index is 0.0897. The third kappa shape index (κ3) is 3.78. The lowest BCUT2D eigenvalue weighted by atomic mass is 10.1. The molecule has 1 aromatic heterocycles. The summed E-state index contributed by atoms with van der Waals surface area (Å²) >= 11 is 1.45. The molecule has 0 unspecified atom stereocenters. The molecule has 0 saturated carbocycles. The summed E-state index contributed by atoms with van der Waals surface area (Å²) in [7, 11) is 0. The van der Waals surface area contributed by atoms with Gasteiger partial charge in [0, 0.05) is 11.3 Å². The zero-order valence-electron chi connectivity index (χ0n) is 14.1. The van der Waals surface area contributed by atoms with E-state index in [0.29, 0.717) is 16.4 Å². The van der Waals surface area contributed by atoms with Gasteiger partial charge in [-0.2, -0.15) is 0 Å². The lowest BCUT2D eigenvalue weighted by molar-refractivity contribution is 0.0462. The van der Waals surface area contributed by atoms with E-state index in [2.05, 4.69) is 4.98 Å². The zero-order chi connectivity index (χ0) is 18.5. The van der Waals surface area contributed by atoms with Gasteiger partial charge in [0.15, 0.2) is 10.9 Å². The number of rotatable bonds is 6. The first-order chi connectivity index (χ1) is 12.6. The van der Waals surface area contributed by atoms with E-state index in [1.165, 1.54) is 18.0 Å². The maximum Gasteiger partial charge on any atom is 0.357 e. The van der Waals surface area contributed by atoms with Crippen LogP contribution in [0, 0.1) is 0 Å². The van der Waals surface area contributed by atoms with Crippen LogP contribution in [0.25, 0.3) is 5.69 Å². The number of esters is 1. The Morgan fingerprint density at radius 1 is 1.12 bits per heavy atom. The van der Waals surface area contributed by atoms with E-state index >= 15 is 0 Å². The molecular weight excluding hydrogens is 350 g/mol. The van der Waals surface area contributed by atoms with Crippen LogP contribution in [0.2, 0.25) is 0 Å². The molecule has 0 aliphatic heterocycles. The number of nitrogens with two attached hydrogens (primary N) is 1. The number of amides is 1. The number of para-hydroxylation sites is 1. The molecular formula is C19H17N3O3S. The Labute approximate surface area is 155 Å². The van der Waals surface area contributed by atoms with Crippen LogP contribution in [0.5, 0.6) is 0 Å². The second-order valence-electron chi connectivity index (χ2n) is 5.44. The minimum atomic E-state index is -0.495. The molecule has 7 heteroatoms. The lowest BCUT2D eigenvalue weighted by Gasteiger charge is -2.11. The van der Waals surface area contributed by atoms with E-state index in [1.54, 1.807) is 28.8 Å². The van der Waals surface area contributed by atoms with Gasteiger partial charge in [-0.15, -0.1) is 0 Å². The van der Waals surface area contributed by atoms with Crippen molar-refractivity contribution in [3.05, 3.63) is 77.6 Å². The molecule has 2 aromatic carbocycles.